The van der Waals surface area contributed by atoms with Gasteiger partial charge in [0.25, 0.3) is 5.91 Å². The second kappa shape index (κ2) is 6.57. The Labute approximate surface area is 128 Å². The molecule has 7 heteroatoms. The molecule has 1 saturated heterocycles. The Hall–Kier alpha value is -2.41. The average Bonchev–Trinajstić information content (AvgIpc) is 3.04. The van der Waals surface area contributed by atoms with Gasteiger partial charge >= 0.3 is 6.01 Å². The van der Waals surface area contributed by atoms with E-state index in [4.69, 9.17) is 9.47 Å². The van der Waals surface area contributed by atoms with E-state index in [1.165, 1.54) is 0 Å². The van der Waals surface area contributed by atoms with Gasteiger partial charge in [-0.1, -0.05) is 18.2 Å². The summed E-state index contributed by atoms with van der Waals surface area (Å²) in [4.78, 5) is 18.1. The summed E-state index contributed by atoms with van der Waals surface area (Å²) in [6, 6.07) is 9.80. The van der Waals surface area contributed by atoms with Crippen LogP contribution in [-0.4, -0.2) is 58.0 Å². The maximum Gasteiger partial charge on any atom is 0.336 e. The van der Waals surface area contributed by atoms with Crippen molar-refractivity contribution in [3.63, 3.8) is 0 Å². The number of rotatable bonds is 4. The molecule has 7 nitrogen and oxygen atoms in total. The molecular weight excluding hydrogens is 284 g/mol. The van der Waals surface area contributed by atoms with Gasteiger partial charge in [-0.25, -0.2) is 4.68 Å². The molecule has 1 unspecified atom stereocenters. The Kier molecular flexibility index (Phi) is 4.34. The van der Waals surface area contributed by atoms with E-state index < -0.39 is 6.10 Å². The molecule has 0 saturated carbocycles. The standard InChI is InChI=1S/C15H18N4O3/c1-12(14(20)18-7-9-21-10-8-18)22-15-16-11-19(17-15)13-5-3-2-4-6-13/h2-6,11-12H,7-10H2,1H3. The number of morpholine rings is 1. The summed E-state index contributed by atoms with van der Waals surface area (Å²) in [5.74, 6) is -0.0700. The van der Waals surface area contributed by atoms with Gasteiger partial charge < -0.3 is 14.4 Å². The number of para-hydroxylation sites is 1. The first-order valence-electron chi connectivity index (χ1n) is 7.24. The number of carbonyl (C=O) groups excluding carboxylic acids is 1. The van der Waals surface area contributed by atoms with Crippen molar-refractivity contribution in [2.45, 2.75) is 13.0 Å². The van der Waals surface area contributed by atoms with Crippen LogP contribution in [0.2, 0.25) is 0 Å². The third kappa shape index (κ3) is 3.25. The molecule has 1 aromatic heterocycles. The van der Waals surface area contributed by atoms with Crippen LogP contribution < -0.4 is 4.74 Å². The number of ether oxygens (including phenoxy) is 2. The Morgan fingerprint density at radius 1 is 1.27 bits per heavy atom. The topological polar surface area (TPSA) is 69.5 Å². The van der Waals surface area contributed by atoms with Crippen LogP contribution in [0.1, 0.15) is 6.92 Å². The third-order valence-electron chi connectivity index (χ3n) is 3.44. The van der Waals surface area contributed by atoms with E-state index in [1.807, 2.05) is 30.3 Å². The zero-order valence-electron chi connectivity index (χ0n) is 12.4. The molecule has 0 bridgehead atoms. The first-order valence-corrected chi connectivity index (χ1v) is 7.24. The van der Waals surface area contributed by atoms with Crippen molar-refractivity contribution in [1.82, 2.24) is 19.7 Å². The maximum atomic E-state index is 12.3. The molecule has 1 aliphatic rings. The summed E-state index contributed by atoms with van der Waals surface area (Å²) in [5.41, 5.74) is 0.886. The Morgan fingerprint density at radius 2 is 2.00 bits per heavy atom. The monoisotopic (exact) mass is 302 g/mol. The van der Waals surface area contributed by atoms with Crippen molar-refractivity contribution in [1.29, 1.82) is 0 Å². The van der Waals surface area contributed by atoms with Gasteiger partial charge in [0.2, 0.25) is 0 Å². The van der Waals surface area contributed by atoms with E-state index in [-0.39, 0.29) is 11.9 Å². The van der Waals surface area contributed by atoms with Gasteiger partial charge in [0.05, 0.1) is 18.9 Å². The second-order valence-electron chi connectivity index (χ2n) is 5.01. The number of carbonyl (C=O) groups is 1. The molecule has 22 heavy (non-hydrogen) atoms. The number of amides is 1. The summed E-state index contributed by atoms with van der Waals surface area (Å²) in [6.45, 7) is 4.04. The third-order valence-corrected chi connectivity index (χ3v) is 3.44. The highest BCUT2D eigenvalue weighted by Gasteiger charge is 2.24. The second-order valence-corrected chi connectivity index (χ2v) is 5.01. The molecular formula is C15H18N4O3. The van der Waals surface area contributed by atoms with E-state index in [9.17, 15) is 4.79 Å². The van der Waals surface area contributed by atoms with Crippen LogP contribution >= 0.6 is 0 Å². The fraction of sp³-hybridized carbons (Fsp3) is 0.400. The molecule has 116 valence electrons. The molecule has 2 aromatic rings. The zero-order valence-corrected chi connectivity index (χ0v) is 12.4. The molecule has 1 aliphatic heterocycles. The van der Waals surface area contributed by atoms with Crippen LogP contribution in [0.5, 0.6) is 6.01 Å². The van der Waals surface area contributed by atoms with Crippen molar-refractivity contribution < 1.29 is 14.3 Å². The molecule has 1 amide bonds. The lowest BCUT2D eigenvalue weighted by Gasteiger charge is -2.28. The van der Waals surface area contributed by atoms with Gasteiger partial charge in [0.15, 0.2) is 6.10 Å². The predicted octanol–water partition coefficient (Wildman–Crippen LogP) is 0.893. The minimum Gasteiger partial charge on any atom is -0.449 e. The van der Waals surface area contributed by atoms with Crippen molar-refractivity contribution in [2.75, 3.05) is 26.3 Å². The van der Waals surface area contributed by atoms with Gasteiger partial charge in [-0.05, 0) is 19.1 Å². The first kappa shape index (κ1) is 14.5. The Bertz CT molecular complexity index is 623. The first-order chi connectivity index (χ1) is 10.7. The normalized spacial score (nSPS) is 16.3. The zero-order chi connectivity index (χ0) is 15.4. The number of hydrogen-bond donors (Lipinski definition) is 0. The smallest absolute Gasteiger partial charge is 0.336 e. The summed E-state index contributed by atoms with van der Waals surface area (Å²) >= 11 is 0. The van der Waals surface area contributed by atoms with Crippen molar-refractivity contribution in [2.24, 2.45) is 0 Å². The van der Waals surface area contributed by atoms with Crippen molar-refractivity contribution >= 4 is 5.91 Å². The predicted molar refractivity (Wildman–Crippen MR) is 78.8 cm³/mol. The van der Waals surface area contributed by atoms with Crippen LogP contribution in [0.15, 0.2) is 36.7 Å². The molecule has 3 rings (SSSR count). The molecule has 1 fully saturated rings. The van der Waals surface area contributed by atoms with Gasteiger partial charge in [-0.15, -0.1) is 5.10 Å². The maximum absolute atomic E-state index is 12.3. The van der Waals surface area contributed by atoms with Crippen molar-refractivity contribution in [3.05, 3.63) is 36.7 Å². The van der Waals surface area contributed by atoms with E-state index >= 15 is 0 Å². The largest absolute Gasteiger partial charge is 0.449 e. The van der Waals surface area contributed by atoms with E-state index in [0.29, 0.717) is 26.3 Å². The van der Waals surface area contributed by atoms with Crippen molar-refractivity contribution in [3.8, 4) is 11.7 Å². The Morgan fingerprint density at radius 3 is 2.73 bits per heavy atom. The molecule has 0 spiro atoms. The quantitative estimate of drug-likeness (QED) is 0.839. The molecule has 1 aromatic carbocycles. The van der Waals surface area contributed by atoms with Crippen LogP contribution in [0.3, 0.4) is 0 Å². The highest BCUT2D eigenvalue weighted by atomic mass is 16.5. The SMILES string of the molecule is CC(Oc1ncn(-c2ccccc2)n1)C(=O)N1CCOCC1. The van der Waals surface area contributed by atoms with Crippen LogP contribution in [0, 0.1) is 0 Å². The van der Waals surface area contributed by atoms with Crippen LogP contribution in [-0.2, 0) is 9.53 Å². The summed E-state index contributed by atoms with van der Waals surface area (Å²) < 4.78 is 12.4. The minimum atomic E-state index is -0.621. The fourth-order valence-corrected chi connectivity index (χ4v) is 2.26. The van der Waals surface area contributed by atoms with E-state index in [1.54, 1.807) is 22.8 Å². The van der Waals surface area contributed by atoms with Gasteiger partial charge in [-0.3, -0.25) is 4.79 Å². The number of hydrogen-bond acceptors (Lipinski definition) is 5. The number of nitrogens with zero attached hydrogens (tertiary/aromatic N) is 4. The van der Waals surface area contributed by atoms with Gasteiger partial charge in [-0.2, -0.15) is 4.98 Å². The summed E-state index contributed by atoms with van der Waals surface area (Å²) in [6.07, 6.45) is 0.945. The van der Waals surface area contributed by atoms with E-state index in [0.717, 1.165) is 5.69 Å². The minimum absolute atomic E-state index is 0.0700. The summed E-state index contributed by atoms with van der Waals surface area (Å²) in [5, 5.41) is 4.24. The lowest BCUT2D eigenvalue weighted by atomic mass is 10.3. The molecule has 0 radical (unpaired) electrons. The average molecular weight is 302 g/mol. The van der Waals surface area contributed by atoms with E-state index in [2.05, 4.69) is 10.1 Å². The number of benzene rings is 1. The molecule has 2 heterocycles. The molecule has 0 aliphatic carbocycles. The van der Waals surface area contributed by atoms with Crippen LogP contribution in [0.25, 0.3) is 5.69 Å². The highest BCUT2D eigenvalue weighted by molar-refractivity contribution is 5.80. The lowest BCUT2D eigenvalue weighted by Crippen LogP contribution is -2.46. The fourth-order valence-electron chi connectivity index (χ4n) is 2.26. The summed E-state index contributed by atoms with van der Waals surface area (Å²) in [7, 11) is 0. The molecule has 1 atom stereocenters. The molecule has 0 N–H and O–H groups in total. The lowest BCUT2D eigenvalue weighted by molar-refractivity contribution is -0.142. The van der Waals surface area contributed by atoms with Crippen LogP contribution in [0.4, 0.5) is 0 Å². The highest BCUT2D eigenvalue weighted by Crippen LogP contribution is 2.11. The Balaban J connectivity index is 1.63. The van der Waals surface area contributed by atoms with Gasteiger partial charge in [0.1, 0.15) is 6.33 Å². The van der Waals surface area contributed by atoms with Gasteiger partial charge in [0, 0.05) is 13.1 Å². The number of aromatic nitrogens is 3.